The van der Waals surface area contributed by atoms with Crippen molar-refractivity contribution in [2.45, 2.75) is 26.2 Å². The van der Waals surface area contributed by atoms with E-state index in [1.165, 1.54) is 11.1 Å². The highest BCUT2D eigenvalue weighted by molar-refractivity contribution is 5.83. The van der Waals surface area contributed by atoms with Crippen molar-refractivity contribution in [2.24, 2.45) is 5.41 Å². The Morgan fingerprint density at radius 3 is 2.31 bits per heavy atom. The third-order valence-corrected chi connectivity index (χ3v) is 5.21. The maximum Gasteiger partial charge on any atom is 0.227 e. The van der Waals surface area contributed by atoms with Crippen LogP contribution >= 0.6 is 0 Å². The molecule has 1 unspecified atom stereocenters. The Kier molecular flexibility index (Phi) is 5.94. The van der Waals surface area contributed by atoms with Crippen molar-refractivity contribution in [1.82, 2.24) is 10.6 Å². The molecule has 0 aliphatic carbocycles. The van der Waals surface area contributed by atoms with Gasteiger partial charge in [0.1, 0.15) is 5.75 Å². The van der Waals surface area contributed by atoms with E-state index in [0.717, 1.165) is 43.7 Å². The Morgan fingerprint density at radius 1 is 1.12 bits per heavy atom. The molecule has 138 valence electrons. The molecule has 1 aliphatic heterocycles. The highest BCUT2D eigenvalue weighted by Crippen LogP contribution is 2.32. The molecule has 1 atom stereocenters. The second kappa shape index (κ2) is 8.37. The monoisotopic (exact) mass is 352 g/mol. The standard InChI is InChI=1S/C22H28N2O2/c1-3-24-21(25)22(13-4-14-23-16-22)15-17-5-7-18(8-6-17)19-9-11-20(26-2)12-10-19/h5-12,23H,3-4,13-16H2,1-2H3,(H,24,25). The van der Waals surface area contributed by atoms with Gasteiger partial charge in [-0.05, 0) is 61.6 Å². The zero-order valence-electron chi connectivity index (χ0n) is 15.7. The number of hydrogen-bond donors (Lipinski definition) is 2. The van der Waals surface area contributed by atoms with Crippen LogP contribution in [-0.4, -0.2) is 32.7 Å². The Labute approximate surface area is 156 Å². The van der Waals surface area contributed by atoms with Crippen LogP contribution in [0.2, 0.25) is 0 Å². The fourth-order valence-corrected chi connectivity index (χ4v) is 3.73. The first-order chi connectivity index (χ1) is 12.7. The summed E-state index contributed by atoms with van der Waals surface area (Å²) in [6, 6.07) is 16.6. The Morgan fingerprint density at radius 2 is 1.77 bits per heavy atom. The minimum absolute atomic E-state index is 0.173. The molecule has 0 saturated carbocycles. The van der Waals surface area contributed by atoms with Gasteiger partial charge in [-0.25, -0.2) is 0 Å². The third kappa shape index (κ3) is 4.07. The average molecular weight is 352 g/mol. The van der Waals surface area contributed by atoms with Crippen LogP contribution in [-0.2, 0) is 11.2 Å². The van der Waals surface area contributed by atoms with Crippen molar-refractivity contribution >= 4 is 5.91 Å². The molecule has 1 saturated heterocycles. The van der Waals surface area contributed by atoms with Crippen LogP contribution in [0.4, 0.5) is 0 Å². The summed E-state index contributed by atoms with van der Waals surface area (Å²) < 4.78 is 5.22. The Balaban J connectivity index is 1.77. The maximum absolute atomic E-state index is 12.7. The summed E-state index contributed by atoms with van der Waals surface area (Å²) in [6.45, 7) is 4.40. The van der Waals surface area contributed by atoms with Gasteiger partial charge in [-0.1, -0.05) is 36.4 Å². The van der Waals surface area contributed by atoms with Gasteiger partial charge in [-0.3, -0.25) is 4.79 Å². The molecule has 1 amide bonds. The topological polar surface area (TPSA) is 50.4 Å². The number of piperidine rings is 1. The summed E-state index contributed by atoms with van der Waals surface area (Å²) >= 11 is 0. The minimum Gasteiger partial charge on any atom is -0.497 e. The van der Waals surface area contributed by atoms with Crippen molar-refractivity contribution in [3.63, 3.8) is 0 Å². The number of rotatable bonds is 6. The van der Waals surface area contributed by atoms with E-state index in [2.05, 4.69) is 47.0 Å². The lowest BCUT2D eigenvalue weighted by atomic mass is 9.74. The first-order valence-corrected chi connectivity index (χ1v) is 9.39. The van der Waals surface area contributed by atoms with Gasteiger partial charge in [0, 0.05) is 13.1 Å². The molecule has 2 N–H and O–H groups in total. The number of methoxy groups -OCH3 is 1. The molecule has 3 rings (SSSR count). The molecule has 4 nitrogen and oxygen atoms in total. The summed E-state index contributed by atoms with van der Waals surface area (Å²) in [7, 11) is 1.68. The van der Waals surface area contributed by atoms with Crippen LogP contribution in [0.1, 0.15) is 25.3 Å². The summed E-state index contributed by atoms with van der Waals surface area (Å²) in [5, 5.41) is 6.44. The second-order valence-electron chi connectivity index (χ2n) is 7.02. The molecule has 2 aromatic rings. The van der Waals surface area contributed by atoms with Crippen LogP contribution in [0.15, 0.2) is 48.5 Å². The van der Waals surface area contributed by atoms with Crippen LogP contribution in [0, 0.1) is 5.41 Å². The second-order valence-corrected chi connectivity index (χ2v) is 7.02. The van der Waals surface area contributed by atoms with Gasteiger partial charge in [0.25, 0.3) is 0 Å². The molecule has 2 aromatic carbocycles. The highest BCUT2D eigenvalue weighted by Gasteiger charge is 2.39. The normalized spacial score (nSPS) is 19.8. The molecule has 0 aromatic heterocycles. The quantitative estimate of drug-likeness (QED) is 0.838. The highest BCUT2D eigenvalue weighted by atomic mass is 16.5. The van der Waals surface area contributed by atoms with E-state index < -0.39 is 0 Å². The van der Waals surface area contributed by atoms with Gasteiger partial charge in [0.2, 0.25) is 5.91 Å². The summed E-state index contributed by atoms with van der Waals surface area (Å²) in [5.41, 5.74) is 3.20. The molecule has 1 aliphatic rings. The van der Waals surface area contributed by atoms with E-state index in [0.29, 0.717) is 6.54 Å². The van der Waals surface area contributed by atoms with Crippen molar-refractivity contribution in [3.05, 3.63) is 54.1 Å². The first kappa shape index (κ1) is 18.5. The zero-order chi connectivity index (χ0) is 18.4. The fraction of sp³-hybridized carbons (Fsp3) is 0.409. The van der Waals surface area contributed by atoms with Crippen molar-refractivity contribution in [1.29, 1.82) is 0 Å². The molecule has 1 heterocycles. The lowest BCUT2D eigenvalue weighted by Gasteiger charge is -2.36. The van der Waals surface area contributed by atoms with E-state index in [4.69, 9.17) is 4.74 Å². The lowest BCUT2D eigenvalue weighted by Crippen LogP contribution is -2.51. The predicted octanol–water partition coefficient (Wildman–Crippen LogP) is 3.41. The van der Waals surface area contributed by atoms with Gasteiger partial charge >= 0.3 is 0 Å². The van der Waals surface area contributed by atoms with Crippen LogP contribution < -0.4 is 15.4 Å². The Hall–Kier alpha value is -2.33. The summed E-state index contributed by atoms with van der Waals surface area (Å²) in [6.07, 6.45) is 2.75. The van der Waals surface area contributed by atoms with Gasteiger partial charge in [-0.2, -0.15) is 0 Å². The van der Waals surface area contributed by atoms with Crippen molar-refractivity contribution in [3.8, 4) is 16.9 Å². The number of carbonyl (C=O) groups excluding carboxylic acids is 1. The molecule has 26 heavy (non-hydrogen) atoms. The smallest absolute Gasteiger partial charge is 0.227 e. The lowest BCUT2D eigenvalue weighted by molar-refractivity contribution is -0.132. The number of hydrogen-bond acceptors (Lipinski definition) is 3. The fourth-order valence-electron chi connectivity index (χ4n) is 3.73. The molecule has 0 radical (unpaired) electrons. The Bertz CT molecular complexity index is 717. The maximum atomic E-state index is 12.7. The van der Waals surface area contributed by atoms with E-state index in [-0.39, 0.29) is 11.3 Å². The average Bonchev–Trinajstić information content (AvgIpc) is 2.69. The van der Waals surface area contributed by atoms with E-state index in [1.807, 2.05) is 19.1 Å². The van der Waals surface area contributed by atoms with Gasteiger partial charge in [0.05, 0.1) is 12.5 Å². The molecule has 0 bridgehead atoms. The SMILES string of the molecule is CCNC(=O)C1(Cc2ccc(-c3ccc(OC)cc3)cc2)CCCNC1. The van der Waals surface area contributed by atoms with E-state index >= 15 is 0 Å². The molecular formula is C22H28N2O2. The molecule has 1 fully saturated rings. The van der Waals surface area contributed by atoms with E-state index in [9.17, 15) is 4.79 Å². The van der Waals surface area contributed by atoms with Gasteiger partial charge < -0.3 is 15.4 Å². The molecule has 0 spiro atoms. The van der Waals surface area contributed by atoms with Crippen molar-refractivity contribution in [2.75, 3.05) is 26.7 Å². The number of benzene rings is 2. The van der Waals surface area contributed by atoms with E-state index in [1.54, 1.807) is 7.11 Å². The number of amides is 1. The number of ether oxygens (including phenoxy) is 1. The largest absolute Gasteiger partial charge is 0.497 e. The predicted molar refractivity (Wildman–Crippen MR) is 105 cm³/mol. The first-order valence-electron chi connectivity index (χ1n) is 9.39. The minimum atomic E-state index is -0.337. The van der Waals surface area contributed by atoms with Crippen LogP contribution in [0.25, 0.3) is 11.1 Å². The number of nitrogens with one attached hydrogen (secondary N) is 2. The number of carbonyl (C=O) groups is 1. The third-order valence-electron chi connectivity index (χ3n) is 5.21. The van der Waals surface area contributed by atoms with Gasteiger partial charge in [-0.15, -0.1) is 0 Å². The van der Waals surface area contributed by atoms with Gasteiger partial charge in [0.15, 0.2) is 0 Å². The summed E-state index contributed by atoms with van der Waals surface area (Å²) in [5.74, 6) is 1.03. The van der Waals surface area contributed by atoms with Crippen LogP contribution in [0.5, 0.6) is 5.75 Å². The molecule has 4 heteroatoms. The molecular weight excluding hydrogens is 324 g/mol. The summed E-state index contributed by atoms with van der Waals surface area (Å²) in [4.78, 5) is 12.7. The van der Waals surface area contributed by atoms with Crippen molar-refractivity contribution < 1.29 is 9.53 Å². The van der Waals surface area contributed by atoms with Crippen LogP contribution in [0.3, 0.4) is 0 Å². The zero-order valence-corrected chi connectivity index (χ0v) is 15.7.